The van der Waals surface area contributed by atoms with Crippen molar-refractivity contribution in [2.24, 2.45) is 5.89 Å². The van der Waals surface area contributed by atoms with Gasteiger partial charge in [0.2, 0.25) is 0 Å². The second kappa shape index (κ2) is 6.24. The zero-order valence-electron chi connectivity index (χ0n) is 25.8. The van der Waals surface area contributed by atoms with Gasteiger partial charge < -0.3 is 19.6 Å². The number of aromatic nitrogens is 3. The number of nitrogens with zero attached hydrogens (tertiary/aromatic N) is 5. The molecule has 1 aliphatic heterocycles. The van der Waals surface area contributed by atoms with Crippen molar-refractivity contribution < 1.29 is 24.0 Å². The van der Waals surface area contributed by atoms with Crippen LogP contribution in [0.1, 0.15) is 32.5 Å². The fraction of sp³-hybridized carbons (Fsp3) is 0.500. The van der Waals surface area contributed by atoms with Crippen LogP contribution in [0.25, 0.3) is 15.9 Å². The smallest absolute Gasteiger partial charge is 0.302 e. The third-order valence-electron chi connectivity index (χ3n) is 3.00. The third kappa shape index (κ3) is 2.84. The van der Waals surface area contributed by atoms with Crippen molar-refractivity contribution in [3.8, 4) is 0 Å². The van der Waals surface area contributed by atoms with E-state index < -0.39 is 67.7 Å². The Labute approximate surface area is 154 Å². The van der Waals surface area contributed by atoms with Crippen LogP contribution in [0.2, 0.25) is 0 Å². The molecule has 0 aliphatic carbocycles. The van der Waals surface area contributed by atoms with E-state index in [1.54, 1.807) is 0 Å². The van der Waals surface area contributed by atoms with Gasteiger partial charge in [0.25, 0.3) is 6.50 Å². The molecular formula is C16H20N6O. The van der Waals surface area contributed by atoms with Crippen molar-refractivity contribution in [2.75, 3.05) is 31.4 Å². The Morgan fingerprint density at radius 3 is 3.48 bits per heavy atom. The first-order valence-corrected chi connectivity index (χ1v) is 6.30. The lowest BCUT2D eigenvalue weighted by atomic mass is 9.92. The summed E-state index contributed by atoms with van der Waals surface area (Å²) in [7, 11) is 0. The summed E-state index contributed by atoms with van der Waals surface area (Å²) >= 11 is 0. The molecule has 0 bridgehead atoms. The number of likely N-dealkylation sites (N-methyl/N-ethyl adjacent to an activating group) is 1. The van der Waals surface area contributed by atoms with Crippen molar-refractivity contribution in [1.82, 2.24) is 19.9 Å². The van der Waals surface area contributed by atoms with Crippen LogP contribution >= 0.6 is 0 Å². The summed E-state index contributed by atoms with van der Waals surface area (Å²) < 4.78 is 116. The summed E-state index contributed by atoms with van der Waals surface area (Å²) in [5.41, 5.74) is -0.133. The standard InChI is InChI=1S/C16H20N6O/c1-11-5-7-22(14(23)8-17-2)9-13(11)21(3)16-12-4-6-18-15(12)19-10-20-16/h4,6,10-11,13H,5,7-9H2,1,3H3,(H,18,19,20)/t11-,13+/m1/s1/i3D3,5D2,7D2,8D2,9D2,10D,11D,13D. The molecule has 120 valence electrons. The predicted octanol–water partition coefficient (Wildman–Crippen LogP) is 1.55. The fourth-order valence-corrected chi connectivity index (χ4v) is 1.93. The monoisotopic (exact) mass is 326 g/mol. The quantitative estimate of drug-likeness (QED) is 0.869. The van der Waals surface area contributed by atoms with Gasteiger partial charge in [-0.3, -0.25) is 4.79 Å². The molecule has 0 saturated carbocycles. The number of likely N-dealkylation sites (tertiary alicyclic amines) is 1. The molecule has 2 aromatic heterocycles. The molecule has 0 radical (unpaired) electrons. The van der Waals surface area contributed by atoms with Gasteiger partial charge in [-0.2, -0.15) is 0 Å². The highest BCUT2D eigenvalue weighted by Gasteiger charge is 2.33. The molecule has 1 saturated heterocycles. The highest BCUT2D eigenvalue weighted by molar-refractivity contribution is 5.87. The summed E-state index contributed by atoms with van der Waals surface area (Å²) in [6, 6.07) is -2.60. The van der Waals surface area contributed by atoms with Crippen LogP contribution in [0, 0.1) is 12.5 Å². The van der Waals surface area contributed by atoms with Crippen LogP contribution in [0.3, 0.4) is 0 Å². The maximum atomic E-state index is 13.0. The van der Waals surface area contributed by atoms with E-state index in [2.05, 4.69) is 19.8 Å². The minimum Gasteiger partial charge on any atom is -0.354 e. The Morgan fingerprint density at radius 2 is 2.70 bits per heavy atom. The van der Waals surface area contributed by atoms with Gasteiger partial charge in [0.1, 0.15) is 21.9 Å². The van der Waals surface area contributed by atoms with E-state index in [0.717, 1.165) is 0 Å². The molecule has 2 aromatic rings. The van der Waals surface area contributed by atoms with Crippen molar-refractivity contribution in [1.29, 1.82) is 0 Å². The first kappa shape index (κ1) is 5.78. The summed E-state index contributed by atoms with van der Waals surface area (Å²) in [4.78, 5) is 24.7. The number of fused-ring (bicyclic) bond motifs is 1. The number of amides is 1. The highest BCUT2D eigenvalue weighted by Crippen LogP contribution is 2.28. The van der Waals surface area contributed by atoms with Crippen LogP contribution < -0.4 is 4.90 Å². The predicted molar refractivity (Wildman–Crippen MR) is 87.9 cm³/mol. The SMILES string of the molecule is [2H]c1nc(N(C([2H])([2H])[2H])[C@@]2([2H])C([2H])([2H])N(C(=O)C([2H])([2H])[N+]#[C-])C([2H])([2H])C([2H])([2H])[C@@]2([2H])C)c2cc[nH]c2n1. The van der Waals surface area contributed by atoms with Crippen molar-refractivity contribution >= 4 is 22.8 Å². The van der Waals surface area contributed by atoms with Gasteiger partial charge in [-0.05, 0) is 18.3 Å². The Balaban J connectivity index is 2.53. The Bertz CT molecular complexity index is 1300. The second-order valence-corrected chi connectivity index (χ2v) is 4.41. The van der Waals surface area contributed by atoms with Crippen molar-refractivity contribution in [2.45, 2.75) is 19.3 Å². The molecule has 7 nitrogen and oxygen atoms in total. The van der Waals surface area contributed by atoms with Gasteiger partial charge in [-0.25, -0.2) is 16.5 Å². The first-order valence-electron chi connectivity index (χ1n) is 13.3. The number of carbonyl (C=O) groups excluding carboxylic acids is 1. The normalized spacial score (nSPS) is 44.3. The van der Waals surface area contributed by atoms with Gasteiger partial charge in [-0.1, -0.05) is 6.92 Å². The topological polar surface area (TPSA) is 69.5 Å². The molecule has 3 rings (SSSR count). The average molecular weight is 326 g/mol. The molecule has 7 heteroatoms. The van der Waals surface area contributed by atoms with E-state index >= 15 is 0 Å². The lowest BCUT2D eigenvalue weighted by Crippen LogP contribution is -2.53. The van der Waals surface area contributed by atoms with Gasteiger partial charge in [0, 0.05) is 37.1 Å². The number of rotatable bonds is 3. The van der Waals surface area contributed by atoms with Gasteiger partial charge in [-0.15, -0.1) is 0 Å². The van der Waals surface area contributed by atoms with Crippen LogP contribution in [0.4, 0.5) is 5.82 Å². The third-order valence-corrected chi connectivity index (χ3v) is 3.00. The molecule has 0 spiro atoms. The lowest BCUT2D eigenvalue weighted by molar-refractivity contribution is -0.130. The maximum absolute atomic E-state index is 13.0. The zero-order chi connectivity index (χ0) is 28.8. The van der Waals surface area contributed by atoms with Crippen molar-refractivity contribution in [3.05, 3.63) is 30.0 Å². The summed E-state index contributed by atoms with van der Waals surface area (Å²) in [6.45, 7) is -7.62. The minimum atomic E-state index is -4.00. The second-order valence-electron chi connectivity index (χ2n) is 4.41. The largest absolute Gasteiger partial charge is 0.354 e. The van der Waals surface area contributed by atoms with Gasteiger partial charge in [0.05, 0.1) is 15.5 Å². The van der Waals surface area contributed by atoms with E-state index in [9.17, 15) is 4.79 Å². The number of piperidine rings is 1. The zero-order valence-corrected chi connectivity index (χ0v) is 11.8. The summed E-state index contributed by atoms with van der Waals surface area (Å²) in [5.74, 6) is -6.43. The van der Waals surface area contributed by atoms with Gasteiger partial charge in [0.15, 0.2) is 0 Å². The Kier molecular flexibility index (Phi) is 1.57. The molecule has 0 unspecified atom stereocenters. The molecule has 2 atom stereocenters. The molecular weight excluding hydrogens is 292 g/mol. The molecule has 1 amide bonds. The minimum absolute atomic E-state index is 0.107. The molecule has 1 fully saturated rings. The van der Waals surface area contributed by atoms with Crippen molar-refractivity contribution in [3.63, 3.8) is 0 Å². The van der Waals surface area contributed by atoms with Crippen LogP contribution in [0.5, 0.6) is 0 Å². The van der Waals surface area contributed by atoms with E-state index in [4.69, 9.17) is 25.8 Å². The number of carbonyl (C=O) groups is 1. The first-order chi connectivity index (χ1) is 16.4. The molecule has 1 N–H and O–H groups in total. The van der Waals surface area contributed by atoms with Crippen LogP contribution in [-0.2, 0) is 4.79 Å². The Morgan fingerprint density at radius 1 is 1.83 bits per heavy atom. The average Bonchev–Trinajstić information content (AvgIpc) is 3.19. The number of H-pyrrole nitrogens is 1. The molecule has 0 aromatic carbocycles. The van der Waals surface area contributed by atoms with E-state index in [1.165, 1.54) is 12.3 Å². The van der Waals surface area contributed by atoms with Crippen LogP contribution in [-0.4, -0.2) is 58.2 Å². The number of hydrogen-bond donors (Lipinski definition) is 1. The number of aromatic amines is 1. The van der Waals surface area contributed by atoms with E-state index in [0.29, 0.717) is 6.92 Å². The van der Waals surface area contributed by atoms with Gasteiger partial charge >= 0.3 is 5.91 Å². The van der Waals surface area contributed by atoms with Crippen LogP contribution in [0.15, 0.2) is 18.6 Å². The van der Waals surface area contributed by atoms with E-state index in [1.807, 2.05) is 0 Å². The number of nitrogens with one attached hydrogen (secondary N) is 1. The molecule has 3 heterocycles. The molecule has 23 heavy (non-hydrogen) atoms. The highest BCUT2D eigenvalue weighted by atomic mass is 16.2. The number of hydrogen-bond acceptors (Lipinski definition) is 4. The van der Waals surface area contributed by atoms with E-state index in [-0.39, 0.29) is 15.9 Å². The fourth-order valence-electron chi connectivity index (χ4n) is 1.93. The summed E-state index contributed by atoms with van der Waals surface area (Å²) in [6.07, 6.45) is -3.30. The number of anilines is 1. The lowest BCUT2D eigenvalue weighted by Gasteiger charge is -2.41. The summed E-state index contributed by atoms with van der Waals surface area (Å²) in [5, 5.41) is -0.186. The maximum Gasteiger partial charge on any atom is 0.302 e. The molecule has 1 aliphatic rings. The Hall–Kier alpha value is -2.62.